The predicted octanol–water partition coefficient (Wildman–Crippen LogP) is 3.09. The molecule has 1 N–H and O–H groups in total. The number of halogens is 2. The van der Waals surface area contributed by atoms with Crippen LogP contribution >= 0.6 is 12.4 Å². The van der Waals surface area contributed by atoms with Crippen LogP contribution in [0.3, 0.4) is 0 Å². The zero-order valence-electron chi connectivity index (χ0n) is 12.9. The Labute approximate surface area is 137 Å². The Kier molecular flexibility index (Phi) is 5.81. The van der Waals surface area contributed by atoms with Crippen LogP contribution in [-0.4, -0.2) is 36.0 Å². The van der Waals surface area contributed by atoms with Crippen molar-refractivity contribution in [3.63, 3.8) is 0 Å². The molecule has 1 amide bonds. The van der Waals surface area contributed by atoms with Crippen LogP contribution in [0.1, 0.15) is 44.1 Å². The van der Waals surface area contributed by atoms with E-state index in [0.717, 1.165) is 32.4 Å². The molecule has 3 rings (SSSR count). The molecule has 0 radical (unpaired) electrons. The SMILES string of the molecule is CC(CC(=O)N1C2CCNCC1CC2)c1ccccc1F.Cl. The average molecular weight is 327 g/mol. The Hall–Kier alpha value is -1.13. The minimum absolute atomic E-state index is 0. The van der Waals surface area contributed by atoms with Gasteiger partial charge in [-0.1, -0.05) is 25.1 Å². The van der Waals surface area contributed by atoms with Crippen LogP contribution in [0.2, 0.25) is 0 Å². The van der Waals surface area contributed by atoms with E-state index in [1.807, 2.05) is 13.0 Å². The van der Waals surface area contributed by atoms with E-state index in [0.29, 0.717) is 24.1 Å². The second-order valence-corrected chi connectivity index (χ2v) is 6.31. The molecule has 0 aliphatic carbocycles. The summed E-state index contributed by atoms with van der Waals surface area (Å²) in [5.74, 6) is -0.102. The van der Waals surface area contributed by atoms with Crippen molar-refractivity contribution >= 4 is 18.3 Å². The smallest absolute Gasteiger partial charge is 0.223 e. The van der Waals surface area contributed by atoms with Crippen LogP contribution in [0.25, 0.3) is 0 Å². The number of benzene rings is 1. The number of hydrogen-bond acceptors (Lipinski definition) is 2. The Morgan fingerprint density at radius 2 is 2.05 bits per heavy atom. The van der Waals surface area contributed by atoms with Gasteiger partial charge in [-0.2, -0.15) is 0 Å². The Bertz CT molecular complexity index is 511. The number of carbonyl (C=O) groups excluding carboxylic acids is 1. The van der Waals surface area contributed by atoms with Crippen molar-refractivity contribution in [1.82, 2.24) is 10.2 Å². The zero-order chi connectivity index (χ0) is 14.8. The zero-order valence-corrected chi connectivity index (χ0v) is 13.7. The number of rotatable bonds is 3. The Balaban J connectivity index is 0.00000176. The lowest BCUT2D eigenvalue weighted by atomic mass is 9.96. The first kappa shape index (κ1) is 17.2. The lowest BCUT2D eigenvalue weighted by molar-refractivity contribution is -0.134. The van der Waals surface area contributed by atoms with E-state index in [9.17, 15) is 9.18 Å². The predicted molar refractivity (Wildman–Crippen MR) is 87.8 cm³/mol. The van der Waals surface area contributed by atoms with Crippen molar-refractivity contribution in [2.45, 2.75) is 50.6 Å². The van der Waals surface area contributed by atoms with E-state index in [2.05, 4.69) is 10.2 Å². The molecule has 2 saturated heterocycles. The summed E-state index contributed by atoms with van der Waals surface area (Å²) in [5.41, 5.74) is 0.645. The second kappa shape index (κ2) is 7.42. The molecule has 2 heterocycles. The quantitative estimate of drug-likeness (QED) is 0.925. The fraction of sp³-hybridized carbons (Fsp3) is 0.588. The molecule has 1 aromatic carbocycles. The van der Waals surface area contributed by atoms with Crippen LogP contribution < -0.4 is 5.32 Å². The maximum absolute atomic E-state index is 13.8. The molecule has 2 bridgehead atoms. The first-order chi connectivity index (χ1) is 10.2. The number of amides is 1. The van der Waals surface area contributed by atoms with E-state index >= 15 is 0 Å². The highest BCUT2D eigenvalue weighted by Crippen LogP contribution is 2.31. The van der Waals surface area contributed by atoms with Gasteiger partial charge < -0.3 is 10.2 Å². The highest BCUT2D eigenvalue weighted by Gasteiger charge is 2.38. The molecule has 0 aromatic heterocycles. The molecule has 1 aromatic rings. The average Bonchev–Trinajstić information content (AvgIpc) is 2.72. The minimum atomic E-state index is -0.210. The maximum Gasteiger partial charge on any atom is 0.223 e. The van der Waals surface area contributed by atoms with Gasteiger partial charge in [0.05, 0.1) is 0 Å². The number of hydrogen-bond donors (Lipinski definition) is 1. The third kappa shape index (κ3) is 3.44. The van der Waals surface area contributed by atoms with Crippen molar-refractivity contribution in [3.8, 4) is 0 Å². The van der Waals surface area contributed by atoms with Crippen molar-refractivity contribution in [3.05, 3.63) is 35.6 Å². The lowest BCUT2D eigenvalue weighted by Crippen LogP contribution is -2.42. The molecule has 2 aliphatic rings. The lowest BCUT2D eigenvalue weighted by Gasteiger charge is -2.29. The van der Waals surface area contributed by atoms with Gasteiger partial charge in [0.1, 0.15) is 5.82 Å². The minimum Gasteiger partial charge on any atom is -0.335 e. The fourth-order valence-corrected chi connectivity index (χ4v) is 3.74. The molecule has 122 valence electrons. The van der Waals surface area contributed by atoms with Crippen LogP contribution in [0, 0.1) is 5.82 Å². The molecule has 2 aliphatic heterocycles. The summed E-state index contributed by atoms with van der Waals surface area (Å²) in [6.45, 7) is 3.83. The van der Waals surface area contributed by atoms with Gasteiger partial charge in [-0.25, -0.2) is 4.39 Å². The molecule has 5 heteroatoms. The van der Waals surface area contributed by atoms with Crippen molar-refractivity contribution < 1.29 is 9.18 Å². The third-order valence-electron chi connectivity index (χ3n) is 4.86. The van der Waals surface area contributed by atoms with Crippen LogP contribution in [-0.2, 0) is 4.79 Å². The maximum atomic E-state index is 13.8. The van der Waals surface area contributed by atoms with Crippen molar-refractivity contribution in [2.24, 2.45) is 0 Å². The summed E-state index contributed by atoms with van der Waals surface area (Å²) in [6, 6.07) is 7.48. The van der Waals surface area contributed by atoms with E-state index in [1.165, 1.54) is 6.07 Å². The van der Waals surface area contributed by atoms with Crippen LogP contribution in [0.4, 0.5) is 4.39 Å². The summed E-state index contributed by atoms with van der Waals surface area (Å²) in [6.07, 6.45) is 3.65. The standard InChI is InChI=1S/C17H23FN2O.ClH/c1-12(15-4-2-3-5-16(15)18)10-17(21)20-13-6-7-14(20)11-19-9-8-13;/h2-5,12-14,19H,6-11H2,1H3;1H. The Morgan fingerprint density at radius 1 is 1.32 bits per heavy atom. The topological polar surface area (TPSA) is 32.3 Å². The summed E-state index contributed by atoms with van der Waals surface area (Å²) in [4.78, 5) is 14.8. The first-order valence-electron chi connectivity index (χ1n) is 7.93. The van der Waals surface area contributed by atoms with Gasteiger partial charge in [-0.3, -0.25) is 4.79 Å². The Morgan fingerprint density at radius 3 is 2.82 bits per heavy atom. The number of fused-ring (bicyclic) bond motifs is 2. The molecular weight excluding hydrogens is 303 g/mol. The number of nitrogens with one attached hydrogen (secondary N) is 1. The van der Waals surface area contributed by atoms with Gasteiger partial charge in [0.2, 0.25) is 5.91 Å². The van der Waals surface area contributed by atoms with Crippen LogP contribution in [0.15, 0.2) is 24.3 Å². The highest BCUT2D eigenvalue weighted by molar-refractivity contribution is 5.85. The van der Waals surface area contributed by atoms with Crippen molar-refractivity contribution in [1.29, 1.82) is 0 Å². The summed E-state index contributed by atoms with van der Waals surface area (Å²) >= 11 is 0. The molecular formula is C17H24ClFN2O. The molecule has 3 unspecified atom stereocenters. The molecule has 3 nitrogen and oxygen atoms in total. The monoisotopic (exact) mass is 326 g/mol. The largest absolute Gasteiger partial charge is 0.335 e. The van der Waals surface area contributed by atoms with Crippen LogP contribution in [0.5, 0.6) is 0 Å². The van der Waals surface area contributed by atoms with Gasteiger partial charge in [0.15, 0.2) is 0 Å². The molecule has 3 atom stereocenters. The van der Waals surface area contributed by atoms with Crippen molar-refractivity contribution in [2.75, 3.05) is 13.1 Å². The van der Waals surface area contributed by atoms with E-state index in [1.54, 1.807) is 12.1 Å². The molecule has 0 spiro atoms. The van der Waals surface area contributed by atoms with Gasteiger partial charge in [0, 0.05) is 25.0 Å². The van der Waals surface area contributed by atoms with E-state index in [-0.39, 0.29) is 30.0 Å². The van der Waals surface area contributed by atoms with Gasteiger partial charge in [-0.15, -0.1) is 12.4 Å². The second-order valence-electron chi connectivity index (χ2n) is 6.31. The number of carbonyl (C=O) groups is 1. The molecule has 22 heavy (non-hydrogen) atoms. The summed E-state index contributed by atoms with van der Waals surface area (Å²) in [5, 5.41) is 3.40. The highest BCUT2D eigenvalue weighted by atomic mass is 35.5. The number of nitrogens with zero attached hydrogens (tertiary/aromatic N) is 1. The summed E-state index contributed by atoms with van der Waals surface area (Å²) in [7, 11) is 0. The first-order valence-corrected chi connectivity index (χ1v) is 7.93. The van der Waals surface area contributed by atoms with E-state index < -0.39 is 0 Å². The normalized spacial score (nSPS) is 25.3. The fourth-order valence-electron chi connectivity index (χ4n) is 3.74. The van der Waals surface area contributed by atoms with Gasteiger partial charge in [-0.05, 0) is 43.4 Å². The van der Waals surface area contributed by atoms with E-state index in [4.69, 9.17) is 0 Å². The third-order valence-corrected chi connectivity index (χ3v) is 4.86. The van der Waals surface area contributed by atoms with Gasteiger partial charge in [0.25, 0.3) is 0 Å². The van der Waals surface area contributed by atoms with Gasteiger partial charge >= 0.3 is 0 Å². The molecule has 0 saturated carbocycles. The molecule has 2 fully saturated rings. The summed E-state index contributed by atoms with van der Waals surface area (Å²) < 4.78 is 13.8.